The zero-order valence-electron chi connectivity index (χ0n) is 17.8. The molecular weight excluding hydrogens is 366 g/mol. The number of nitrogens with one attached hydrogen (secondary N) is 1. The van der Waals surface area contributed by atoms with Gasteiger partial charge >= 0.3 is 0 Å². The molecule has 154 valence electrons. The molecule has 0 unspecified atom stereocenters. The Labute approximate surface area is 171 Å². The first-order chi connectivity index (χ1) is 13.9. The van der Waals surface area contributed by atoms with Gasteiger partial charge in [0.25, 0.3) is 5.91 Å². The summed E-state index contributed by atoms with van der Waals surface area (Å²) in [6, 6.07) is 5.78. The van der Waals surface area contributed by atoms with Crippen molar-refractivity contribution in [2.75, 3.05) is 6.61 Å². The summed E-state index contributed by atoms with van der Waals surface area (Å²) in [5, 5.41) is 8.21. The van der Waals surface area contributed by atoms with E-state index in [1.807, 2.05) is 29.8 Å². The fraction of sp³-hybridized carbons (Fsp3) is 0.455. The molecule has 0 saturated carbocycles. The molecule has 0 spiro atoms. The molecule has 0 aromatic carbocycles. The van der Waals surface area contributed by atoms with Gasteiger partial charge in [-0.15, -0.1) is 0 Å². The van der Waals surface area contributed by atoms with Crippen LogP contribution < -0.4 is 10.1 Å². The number of nitrogens with zero attached hydrogens (tertiary/aromatic N) is 4. The normalized spacial score (nSPS) is 11.4. The molecule has 0 aliphatic carbocycles. The molecule has 3 aromatic rings. The van der Waals surface area contributed by atoms with Crippen LogP contribution in [-0.4, -0.2) is 32.3 Å². The Morgan fingerprint density at radius 1 is 1.28 bits per heavy atom. The maximum absolute atomic E-state index is 13.1. The molecule has 0 atom stereocenters. The van der Waals surface area contributed by atoms with Gasteiger partial charge in [0.05, 0.1) is 23.8 Å². The second-order valence-electron chi connectivity index (χ2n) is 7.67. The summed E-state index contributed by atoms with van der Waals surface area (Å²) >= 11 is 0. The molecule has 0 fully saturated rings. The highest BCUT2D eigenvalue weighted by Gasteiger charge is 2.19. The monoisotopic (exact) mass is 395 g/mol. The van der Waals surface area contributed by atoms with E-state index in [1.165, 1.54) is 0 Å². The predicted octanol–water partition coefficient (Wildman–Crippen LogP) is 4.25. The number of hydrogen-bond acceptors (Lipinski definition) is 5. The first kappa shape index (κ1) is 20.8. The Hall–Kier alpha value is -2.96. The van der Waals surface area contributed by atoms with Crippen LogP contribution in [-0.2, 0) is 6.54 Å². The van der Waals surface area contributed by atoms with E-state index < -0.39 is 0 Å². The summed E-state index contributed by atoms with van der Waals surface area (Å²) < 4.78 is 7.55. The van der Waals surface area contributed by atoms with E-state index in [9.17, 15) is 4.79 Å². The van der Waals surface area contributed by atoms with Crippen LogP contribution in [0, 0.1) is 0 Å². The van der Waals surface area contributed by atoms with E-state index in [4.69, 9.17) is 9.72 Å². The summed E-state index contributed by atoms with van der Waals surface area (Å²) in [6.07, 6.45) is 4.31. The summed E-state index contributed by atoms with van der Waals surface area (Å²) in [4.78, 5) is 22.1. The first-order valence-electron chi connectivity index (χ1n) is 10.1. The molecule has 3 aromatic heterocycles. The zero-order chi connectivity index (χ0) is 21.0. The lowest BCUT2D eigenvalue weighted by Crippen LogP contribution is -2.24. The summed E-state index contributed by atoms with van der Waals surface area (Å²) in [6.45, 7) is 11.2. The average Bonchev–Trinajstić information content (AvgIpc) is 3.14. The molecule has 0 saturated heterocycles. The van der Waals surface area contributed by atoms with Gasteiger partial charge in [-0.2, -0.15) is 5.10 Å². The maximum atomic E-state index is 13.1. The number of carbonyl (C=O) groups excluding carboxylic acids is 1. The van der Waals surface area contributed by atoms with Crippen LogP contribution in [0.4, 0.5) is 0 Å². The van der Waals surface area contributed by atoms with Gasteiger partial charge in [0, 0.05) is 30.0 Å². The molecular formula is C22H29N5O2. The van der Waals surface area contributed by atoms with Crippen LogP contribution in [0.2, 0.25) is 0 Å². The van der Waals surface area contributed by atoms with E-state index in [1.54, 1.807) is 12.4 Å². The van der Waals surface area contributed by atoms with E-state index in [0.29, 0.717) is 24.6 Å². The SMILES string of the molecule is CCCOc1ncccc1CNC(=O)c1cc(C(C)C)nc2c1cnn2C(C)C. The Kier molecular flexibility index (Phi) is 6.46. The lowest BCUT2D eigenvalue weighted by molar-refractivity contribution is 0.0952. The number of aromatic nitrogens is 4. The van der Waals surface area contributed by atoms with Crippen molar-refractivity contribution in [1.29, 1.82) is 0 Å². The van der Waals surface area contributed by atoms with Gasteiger partial charge < -0.3 is 10.1 Å². The smallest absolute Gasteiger partial charge is 0.252 e. The van der Waals surface area contributed by atoms with Crippen LogP contribution in [0.25, 0.3) is 11.0 Å². The van der Waals surface area contributed by atoms with Crippen molar-refractivity contribution in [3.63, 3.8) is 0 Å². The van der Waals surface area contributed by atoms with Gasteiger partial charge in [-0.3, -0.25) is 4.79 Å². The molecule has 0 radical (unpaired) electrons. The van der Waals surface area contributed by atoms with Crippen LogP contribution in [0.3, 0.4) is 0 Å². The van der Waals surface area contributed by atoms with Crippen molar-refractivity contribution in [3.8, 4) is 5.88 Å². The van der Waals surface area contributed by atoms with Gasteiger partial charge in [0.1, 0.15) is 0 Å². The quantitative estimate of drug-likeness (QED) is 0.617. The molecule has 0 aliphatic rings. The summed E-state index contributed by atoms with van der Waals surface area (Å²) in [5.74, 6) is 0.603. The number of amides is 1. The maximum Gasteiger partial charge on any atom is 0.252 e. The van der Waals surface area contributed by atoms with Crippen molar-refractivity contribution in [2.45, 2.75) is 59.5 Å². The highest BCUT2D eigenvalue weighted by Crippen LogP contribution is 2.24. The van der Waals surface area contributed by atoms with E-state index in [0.717, 1.165) is 28.7 Å². The number of hydrogen-bond donors (Lipinski definition) is 1. The third-order valence-electron chi connectivity index (χ3n) is 4.64. The second kappa shape index (κ2) is 9.03. The molecule has 3 rings (SSSR count). The van der Waals surface area contributed by atoms with Crippen LogP contribution in [0.1, 0.15) is 74.6 Å². The molecule has 1 N–H and O–H groups in total. The Balaban J connectivity index is 1.90. The third-order valence-corrected chi connectivity index (χ3v) is 4.64. The van der Waals surface area contributed by atoms with E-state index in [-0.39, 0.29) is 17.9 Å². The van der Waals surface area contributed by atoms with E-state index in [2.05, 4.69) is 43.1 Å². The highest BCUT2D eigenvalue weighted by atomic mass is 16.5. The van der Waals surface area contributed by atoms with Crippen LogP contribution in [0.15, 0.2) is 30.6 Å². The van der Waals surface area contributed by atoms with Crippen molar-refractivity contribution in [3.05, 3.63) is 47.4 Å². The number of ether oxygens (including phenoxy) is 1. The third kappa shape index (κ3) is 4.55. The van der Waals surface area contributed by atoms with Crippen molar-refractivity contribution in [2.24, 2.45) is 0 Å². The number of fused-ring (bicyclic) bond motifs is 1. The molecule has 1 amide bonds. The molecule has 3 heterocycles. The molecule has 0 aliphatic heterocycles. The van der Waals surface area contributed by atoms with Crippen LogP contribution in [0.5, 0.6) is 5.88 Å². The topological polar surface area (TPSA) is 81.9 Å². The largest absolute Gasteiger partial charge is 0.477 e. The number of rotatable bonds is 8. The minimum absolute atomic E-state index is 0.159. The molecule has 7 nitrogen and oxygen atoms in total. The van der Waals surface area contributed by atoms with Crippen molar-refractivity contribution in [1.82, 2.24) is 25.1 Å². The van der Waals surface area contributed by atoms with Gasteiger partial charge in [0.2, 0.25) is 5.88 Å². The Bertz CT molecular complexity index is 994. The van der Waals surface area contributed by atoms with Gasteiger partial charge in [-0.05, 0) is 38.3 Å². The van der Waals surface area contributed by atoms with Crippen molar-refractivity contribution >= 4 is 16.9 Å². The standard InChI is InChI=1S/C22H29N5O2/c1-6-10-29-22-16(8-7-9-23-22)12-24-21(28)17-11-19(14(2)3)26-20-18(17)13-25-27(20)15(4)5/h7-9,11,13-15H,6,10,12H2,1-5H3,(H,24,28). The number of carbonyl (C=O) groups is 1. The summed E-state index contributed by atoms with van der Waals surface area (Å²) in [5.41, 5.74) is 3.05. The fourth-order valence-corrected chi connectivity index (χ4v) is 3.06. The molecule has 7 heteroatoms. The minimum atomic E-state index is -0.159. The summed E-state index contributed by atoms with van der Waals surface area (Å²) in [7, 11) is 0. The van der Waals surface area contributed by atoms with Gasteiger partial charge in [-0.1, -0.05) is 26.8 Å². The molecule has 0 bridgehead atoms. The zero-order valence-corrected chi connectivity index (χ0v) is 17.8. The molecule has 29 heavy (non-hydrogen) atoms. The van der Waals surface area contributed by atoms with Crippen LogP contribution >= 0.6 is 0 Å². The van der Waals surface area contributed by atoms with E-state index >= 15 is 0 Å². The average molecular weight is 396 g/mol. The Morgan fingerprint density at radius 3 is 2.76 bits per heavy atom. The number of pyridine rings is 2. The predicted molar refractivity (Wildman–Crippen MR) is 113 cm³/mol. The van der Waals surface area contributed by atoms with Crippen molar-refractivity contribution < 1.29 is 9.53 Å². The fourth-order valence-electron chi connectivity index (χ4n) is 3.06. The lowest BCUT2D eigenvalue weighted by atomic mass is 10.0. The highest BCUT2D eigenvalue weighted by molar-refractivity contribution is 6.05. The minimum Gasteiger partial charge on any atom is -0.477 e. The van der Waals surface area contributed by atoms with Gasteiger partial charge in [0.15, 0.2) is 5.65 Å². The second-order valence-corrected chi connectivity index (χ2v) is 7.67. The Morgan fingerprint density at radius 2 is 2.07 bits per heavy atom. The first-order valence-corrected chi connectivity index (χ1v) is 10.1. The lowest BCUT2D eigenvalue weighted by Gasteiger charge is -2.13. The van der Waals surface area contributed by atoms with Gasteiger partial charge in [-0.25, -0.2) is 14.6 Å².